The number of benzene rings is 1. The number of pyridine rings is 1. The number of hydrogen-bond donors (Lipinski definition) is 2. The van der Waals surface area contributed by atoms with Gasteiger partial charge in [-0.1, -0.05) is 51.1 Å². The Morgan fingerprint density at radius 3 is 2.33 bits per heavy atom. The fourth-order valence-corrected chi connectivity index (χ4v) is 6.60. The number of nitrogens with one attached hydrogen (secondary N) is 2. The molecule has 2 N–H and O–H groups in total. The van der Waals surface area contributed by atoms with E-state index in [1.54, 1.807) is 34.3 Å². The van der Waals surface area contributed by atoms with Gasteiger partial charge in [-0.2, -0.15) is 0 Å². The molecule has 242 valence electrons. The monoisotopic (exact) mass is 626 g/mol. The molecule has 3 aromatic rings. The Morgan fingerprint density at radius 2 is 1.70 bits per heavy atom. The van der Waals surface area contributed by atoms with Crippen LogP contribution in [0, 0.1) is 5.41 Å². The van der Waals surface area contributed by atoms with Crippen molar-refractivity contribution in [1.82, 2.24) is 30.0 Å². The van der Waals surface area contributed by atoms with Crippen LogP contribution in [0.2, 0.25) is 0 Å². The zero-order valence-electron chi connectivity index (χ0n) is 27.2. The predicted octanol–water partition coefficient (Wildman–Crippen LogP) is 5.03. The molecule has 4 amide bonds. The fraction of sp³-hybridized carbons (Fsp3) is 0.457. The van der Waals surface area contributed by atoms with E-state index in [4.69, 9.17) is 4.74 Å². The number of piperazine rings is 1. The third-order valence-electron chi connectivity index (χ3n) is 8.90. The van der Waals surface area contributed by atoms with Gasteiger partial charge in [0.2, 0.25) is 5.91 Å². The number of carbonyl (C=O) groups is 4. The van der Waals surface area contributed by atoms with Crippen LogP contribution in [0.1, 0.15) is 87.0 Å². The molecule has 5 heterocycles. The van der Waals surface area contributed by atoms with Gasteiger partial charge in [0.1, 0.15) is 23.0 Å². The van der Waals surface area contributed by atoms with E-state index in [-0.39, 0.29) is 35.8 Å². The van der Waals surface area contributed by atoms with Crippen LogP contribution in [-0.4, -0.2) is 85.3 Å². The maximum absolute atomic E-state index is 13.9. The number of aromatic nitrogens is 2. The van der Waals surface area contributed by atoms with Gasteiger partial charge in [0, 0.05) is 36.4 Å². The number of likely N-dealkylation sites (tertiary alicyclic amines) is 2. The third-order valence-corrected chi connectivity index (χ3v) is 8.90. The molecule has 11 heteroatoms. The van der Waals surface area contributed by atoms with E-state index in [1.807, 2.05) is 82.9 Å². The van der Waals surface area contributed by atoms with Crippen molar-refractivity contribution < 1.29 is 23.9 Å². The number of nitrogens with zero attached hydrogens (tertiary/aromatic N) is 4. The van der Waals surface area contributed by atoms with Crippen molar-refractivity contribution in [3.05, 3.63) is 77.9 Å². The molecule has 4 atom stereocenters. The highest BCUT2D eigenvalue weighted by Crippen LogP contribution is 2.35. The molecule has 46 heavy (non-hydrogen) atoms. The smallest absolute Gasteiger partial charge is 0.414 e. The predicted molar refractivity (Wildman–Crippen MR) is 173 cm³/mol. The summed E-state index contributed by atoms with van der Waals surface area (Å²) in [5.74, 6) is -0.652. The quantitative estimate of drug-likeness (QED) is 0.409. The molecule has 2 bridgehead atoms. The van der Waals surface area contributed by atoms with Crippen LogP contribution in [0.25, 0.3) is 10.9 Å². The molecule has 2 aromatic heterocycles. The summed E-state index contributed by atoms with van der Waals surface area (Å²) in [6, 6.07) is 11.7. The van der Waals surface area contributed by atoms with E-state index in [0.717, 1.165) is 16.5 Å². The van der Waals surface area contributed by atoms with Gasteiger partial charge in [-0.3, -0.25) is 24.3 Å². The van der Waals surface area contributed by atoms with Crippen molar-refractivity contribution in [2.45, 2.75) is 84.2 Å². The molecule has 0 saturated carbocycles. The van der Waals surface area contributed by atoms with Crippen molar-refractivity contribution in [3.63, 3.8) is 0 Å². The number of fused-ring (bicyclic) bond motifs is 3. The first-order valence-electron chi connectivity index (χ1n) is 15.8. The summed E-state index contributed by atoms with van der Waals surface area (Å²) < 4.78 is 5.54. The molecule has 2 saturated heterocycles. The summed E-state index contributed by atoms with van der Waals surface area (Å²) in [7, 11) is 0. The van der Waals surface area contributed by atoms with Gasteiger partial charge in [0.25, 0.3) is 11.8 Å². The topological polar surface area (TPSA) is 128 Å². The first-order chi connectivity index (χ1) is 21.7. The molecule has 3 aliphatic rings. The second kappa shape index (κ2) is 11.6. The Morgan fingerprint density at radius 1 is 0.978 bits per heavy atom. The summed E-state index contributed by atoms with van der Waals surface area (Å²) in [5, 5.41) is 3.92. The second-order valence-corrected chi connectivity index (χ2v) is 14.5. The average molecular weight is 627 g/mol. The molecule has 6 rings (SSSR count). The molecular formula is C35H42N6O5. The van der Waals surface area contributed by atoms with Crippen molar-refractivity contribution in [3.8, 4) is 0 Å². The van der Waals surface area contributed by atoms with Crippen LogP contribution in [0.3, 0.4) is 0 Å². The van der Waals surface area contributed by atoms with Crippen molar-refractivity contribution in [2.24, 2.45) is 5.41 Å². The first-order valence-corrected chi connectivity index (χ1v) is 15.8. The van der Waals surface area contributed by atoms with Gasteiger partial charge in [-0.15, -0.1) is 0 Å². The van der Waals surface area contributed by atoms with Crippen molar-refractivity contribution in [2.75, 3.05) is 13.1 Å². The van der Waals surface area contributed by atoms with Gasteiger partial charge in [-0.25, -0.2) is 4.79 Å². The van der Waals surface area contributed by atoms with Crippen LogP contribution < -0.4 is 5.32 Å². The molecule has 0 spiro atoms. The largest absolute Gasteiger partial charge is 0.443 e. The number of aromatic amines is 1. The average Bonchev–Trinajstić information content (AvgIpc) is 3.80. The molecule has 2 fully saturated rings. The minimum Gasteiger partial charge on any atom is -0.443 e. The SMILES string of the molecule is CC(C)(C)OC(=O)N1C=CCC1c1ccc(C(=O)N2C[C@@H]3CC2CN3C(=O)[C@@H](NC(=O)c2cc3ccccc3[nH]2)C(C)(C)C)nc1. The molecule has 0 aliphatic carbocycles. The Balaban J connectivity index is 1.09. The van der Waals surface area contributed by atoms with Gasteiger partial charge >= 0.3 is 6.09 Å². The number of rotatable bonds is 5. The maximum atomic E-state index is 13.9. The van der Waals surface area contributed by atoms with Crippen LogP contribution in [0.5, 0.6) is 0 Å². The summed E-state index contributed by atoms with van der Waals surface area (Å²) in [6.07, 6.45) is 6.18. The number of carbonyl (C=O) groups excluding carboxylic acids is 4. The molecule has 2 unspecified atom stereocenters. The lowest BCUT2D eigenvalue weighted by Gasteiger charge is -2.39. The van der Waals surface area contributed by atoms with E-state index in [0.29, 0.717) is 37.3 Å². The standard InChI is InChI=1S/C35H42N6O5/c1-34(2,3)29(38-30(42)27-16-21-10-7-8-11-25(21)37-27)32(44)41-20-23-17-24(41)19-40(23)31(43)26-14-13-22(18-36-26)28-12-9-15-39(28)33(45)46-35(4,5)6/h7-11,13-16,18,23-24,28-29,37H,12,17,19-20H2,1-6H3,(H,38,42)/t23?,24-,28?,29+/m0/s1. The van der Waals surface area contributed by atoms with E-state index in [9.17, 15) is 19.2 Å². The number of hydrogen-bond acceptors (Lipinski definition) is 6. The Bertz CT molecular complexity index is 1670. The number of para-hydroxylation sites is 1. The fourth-order valence-electron chi connectivity index (χ4n) is 6.60. The van der Waals surface area contributed by atoms with Crippen molar-refractivity contribution in [1.29, 1.82) is 0 Å². The van der Waals surface area contributed by atoms with E-state index < -0.39 is 23.2 Å². The van der Waals surface area contributed by atoms with Crippen LogP contribution in [0.15, 0.2) is 60.9 Å². The normalized spacial score (nSPS) is 21.6. The van der Waals surface area contributed by atoms with Gasteiger partial charge in [0.05, 0.1) is 18.1 Å². The van der Waals surface area contributed by atoms with Crippen LogP contribution in [0.4, 0.5) is 4.79 Å². The Labute approximate surface area is 269 Å². The minimum atomic E-state index is -0.741. The van der Waals surface area contributed by atoms with E-state index >= 15 is 0 Å². The number of H-pyrrole nitrogens is 1. The van der Waals surface area contributed by atoms with E-state index in [2.05, 4.69) is 15.3 Å². The lowest BCUT2D eigenvalue weighted by atomic mass is 9.85. The van der Waals surface area contributed by atoms with Gasteiger partial charge in [-0.05, 0) is 62.8 Å². The highest BCUT2D eigenvalue weighted by atomic mass is 16.6. The Kier molecular flexibility index (Phi) is 7.90. The third kappa shape index (κ3) is 6.10. The maximum Gasteiger partial charge on any atom is 0.414 e. The van der Waals surface area contributed by atoms with E-state index in [1.165, 1.54) is 0 Å². The molecule has 0 radical (unpaired) electrons. The van der Waals surface area contributed by atoms with Gasteiger partial charge in [0.15, 0.2) is 0 Å². The van der Waals surface area contributed by atoms with Crippen molar-refractivity contribution >= 4 is 34.7 Å². The van der Waals surface area contributed by atoms with Gasteiger partial charge < -0.3 is 24.8 Å². The highest BCUT2D eigenvalue weighted by Gasteiger charge is 2.50. The molecule has 11 nitrogen and oxygen atoms in total. The number of ether oxygens (including phenoxy) is 1. The van der Waals surface area contributed by atoms with Crippen LogP contribution >= 0.6 is 0 Å². The molecule has 3 aliphatic heterocycles. The summed E-state index contributed by atoms with van der Waals surface area (Å²) in [5.41, 5.74) is 1.26. The van der Waals surface area contributed by atoms with Crippen LogP contribution in [-0.2, 0) is 9.53 Å². The zero-order chi connectivity index (χ0) is 33.0. The summed E-state index contributed by atoms with van der Waals surface area (Å²) in [4.78, 5) is 66.3. The zero-order valence-corrected chi connectivity index (χ0v) is 27.2. The summed E-state index contributed by atoms with van der Waals surface area (Å²) >= 11 is 0. The minimum absolute atomic E-state index is 0.130. The summed E-state index contributed by atoms with van der Waals surface area (Å²) in [6.45, 7) is 12.1. The second-order valence-electron chi connectivity index (χ2n) is 14.5. The molecular weight excluding hydrogens is 584 g/mol. The lowest BCUT2D eigenvalue weighted by molar-refractivity contribution is -0.138. The first kappa shape index (κ1) is 31.3. The molecule has 1 aromatic carbocycles. The highest BCUT2D eigenvalue weighted by molar-refractivity contribution is 6.00. The Hall–Kier alpha value is -4.67. The lowest BCUT2D eigenvalue weighted by Crippen LogP contribution is -2.59. The number of amides is 4.